The Morgan fingerprint density at radius 2 is 0.478 bits per heavy atom. The highest BCUT2D eigenvalue weighted by Crippen LogP contribution is 2.33. The first-order valence-electron chi connectivity index (χ1n) is 15.4. The van der Waals surface area contributed by atoms with E-state index in [1.165, 1.54) is 71.1 Å². The standard InChI is InChI=1S/C20H14.2C12H10P/c1-3-11-17-15(7-1)9-5-13-19(17)20-14-6-10-16-8-2-4-12-18(16)20;2*1-3-7-11(8-4-1)13-12-9-5-2-6-10-12/h1-14H;2*1-10H. The predicted molar refractivity (Wildman–Crippen MR) is 205 cm³/mol. The SMILES string of the molecule is c1ccc([P]c2ccccc2)cc1.c1ccc([P]c2ccccc2)cc1.c1ccc2c(-c3cccc4ccccc34)cccc2c1. The van der Waals surface area contributed by atoms with Crippen LogP contribution in [0.1, 0.15) is 0 Å². The smallest absolute Gasteiger partial charge is 0.00992 e. The molecule has 8 aromatic rings. The molecule has 0 heterocycles. The van der Waals surface area contributed by atoms with E-state index in [4.69, 9.17) is 0 Å². The van der Waals surface area contributed by atoms with Crippen molar-refractivity contribution in [1.29, 1.82) is 0 Å². The van der Waals surface area contributed by atoms with Gasteiger partial charge in [0.15, 0.2) is 0 Å². The van der Waals surface area contributed by atoms with Crippen molar-refractivity contribution in [1.82, 2.24) is 0 Å². The van der Waals surface area contributed by atoms with Crippen molar-refractivity contribution in [3.05, 3.63) is 206 Å². The first-order chi connectivity index (χ1) is 22.8. The van der Waals surface area contributed by atoms with Crippen LogP contribution >= 0.6 is 17.2 Å². The number of hydrogen-bond acceptors (Lipinski definition) is 0. The van der Waals surface area contributed by atoms with Crippen molar-refractivity contribution in [3.63, 3.8) is 0 Å². The molecule has 0 saturated carbocycles. The van der Waals surface area contributed by atoms with Crippen LogP contribution in [0, 0.1) is 0 Å². The highest BCUT2D eigenvalue weighted by atomic mass is 31.1. The summed E-state index contributed by atoms with van der Waals surface area (Å²) in [6.45, 7) is 0. The Bertz CT molecular complexity index is 1830. The van der Waals surface area contributed by atoms with Crippen molar-refractivity contribution >= 4 is 59.9 Å². The lowest BCUT2D eigenvalue weighted by Crippen LogP contribution is -2.01. The number of hydrogen-bond donors (Lipinski definition) is 0. The molecule has 2 radical (unpaired) electrons. The van der Waals surface area contributed by atoms with Crippen LogP contribution in [0.4, 0.5) is 0 Å². The number of fused-ring (bicyclic) bond motifs is 2. The zero-order valence-corrected chi connectivity index (χ0v) is 27.3. The van der Waals surface area contributed by atoms with Gasteiger partial charge in [-0.3, -0.25) is 0 Å². The van der Waals surface area contributed by atoms with Gasteiger partial charge in [-0.1, -0.05) is 206 Å². The molecule has 0 bridgehead atoms. The molecule has 0 saturated heterocycles. The summed E-state index contributed by atoms with van der Waals surface area (Å²) < 4.78 is 0. The van der Waals surface area contributed by atoms with Gasteiger partial charge in [0, 0.05) is 0 Å². The van der Waals surface area contributed by atoms with Gasteiger partial charge in [0.1, 0.15) is 0 Å². The van der Waals surface area contributed by atoms with Crippen molar-refractivity contribution in [2.75, 3.05) is 0 Å². The summed E-state index contributed by atoms with van der Waals surface area (Å²) in [7, 11) is 2.56. The summed E-state index contributed by atoms with van der Waals surface area (Å²) in [5, 5.41) is 10.6. The second-order valence-electron chi connectivity index (χ2n) is 10.6. The number of benzene rings is 8. The van der Waals surface area contributed by atoms with Gasteiger partial charge in [0.25, 0.3) is 0 Å². The van der Waals surface area contributed by atoms with Crippen molar-refractivity contribution < 1.29 is 0 Å². The average molecular weight is 625 g/mol. The predicted octanol–water partition coefficient (Wildman–Crippen LogP) is 10.8. The van der Waals surface area contributed by atoms with E-state index in [-0.39, 0.29) is 0 Å². The summed E-state index contributed by atoms with van der Waals surface area (Å²) in [4.78, 5) is 0. The minimum Gasteiger partial charge on any atom is -0.0622 e. The molecule has 2 heteroatoms. The Kier molecular flexibility index (Phi) is 11.1. The van der Waals surface area contributed by atoms with Gasteiger partial charge >= 0.3 is 0 Å². The molecule has 0 aliphatic carbocycles. The minimum atomic E-state index is 1.28. The fourth-order valence-electron chi connectivity index (χ4n) is 5.23. The summed E-state index contributed by atoms with van der Waals surface area (Å²) in [6.07, 6.45) is 0. The molecule has 220 valence electrons. The monoisotopic (exact) mass is 624 g/mol. The molecule has 0 spiro atoms. The topological polar surface area (TPSA) is 0 Å². The first-order valence-corrected chi connectivity index (χ1v) is 17.2. The zero-order valence-electron chi connectivity index (χ0n) is 25.5. The van der Waals surface area contributed by atoms with Gasteiger partial charge in [-0.25, -0.2) is 0 Å². The molecular weight excluding hydrogens is 590 g/mol. The van der Waals surface area contributed by atoms with E-state index in [0.717, 1.165) is 0 Å². The van der Waals surface area contributed by atoms with E-state index >= 15 is 0 Å². The van der Waals surface area contributed by atoms with E-state index in [1.807, 2.05) is 24.3 Å². The Morgan fingerprint density at radius 1 is 0.217 bits per heavy atom. The maximum Gasteiger partial charge on any atom is -0.00992 e. The van der Waals surface area contributed by atoms with Crippen LogP contribution in [0.25, 0.3) is 32.7 Å². The highest BCUT2D eigenvalue weighted by molar-refractivity contribution is 7.55. The van der Waals surface area contributed by atoms with E-state index in [1.54, 1.807) is 0 Å². The quantitative estimate of drug-likeness (QED) is 0.167. The molecule has 0 aliphatic rings. The fourth-order valence-corrected chi connectivity index (χ4v) is 7.11. The first kappa shape index (κ1) is 31.1. The molecule has 8 aromatic carbocycles. The molecule has 0 nitrogen and oxygen atoms in total. The van der Waals surface area contributed by atoms with Crippen LogP contribution in [0.15, 0.2) is 206 Å². The maximum absolute atomic E-state index is 2.21. The number of rotatable bonds is 5. The van der Waals surface area contributed by atoms with Crippen molar-refractivity contribution in [3.8, 4) is 11.1 Å². The molecule has 0 atom stereocenters. The third-order valence-electron chi connectivity index (χ3n) is 7.41. The summed E-state index contributed by atoms with van der Waals surface area (Å²) in [6, 6.07) is 72.1. The average Bonchev–Trinajstić information content (AvgIpc) is 3.13. The molecule has 0 unspecified atom stereocenters. The molecule has 46 heavy (non-hydrogen) atoms. The van der Waals surface area contributed by atoms with E-state index in [9.17, 15) is 0 Å². The van der Waals surface area contributed by atoms with E-state index in [2.05, 4.69) is 182 Å². The third-order valence-corrected chi connectivity index (χ3v) is 9.64. The lowest BCUT2D eigenvalue weighted by molar-refractivity contribution is 1.68. The molecule has 0 amide bonds. The van der Waals surface area contributed by atoms with Crippen LogP contribution in [0.2, 0.25) is 0 Å². The van der Waals surface area contributed by atoms with Crippen LogP contribution in [0.3, 0.4) is 0 Å². The van der Waals surface area contributed by atoms with Crippen LogP contribution in [-0.2, 0) is 0 Å². The summed E-state index contributed by atoms with van der Waals surface area (Å²) in [5.74, 6) is 0. The lowest BCUT2D eigenvalue weighted by Gasteiger charge is -2.10. The molecule has 0 aliphatic heterocycles. The molecule has 0 aromatic heterocycles. The van der Waals surface area contributed by atoms with Gasteiger partial charge in [-0.2, -0.15) is 0 Å². The van der Waals surface area contributed by atoms with Crippen molar-refractivity contribution in [2.24, 2.45) is 0 Å². The second-order valence-corrected chi connectivity index (χ2v) is 13.1. The Labute approximate surface area is 276 Å². The summed E-state index contributed by atoms with van der Waals surface area (Å²) >= 11 is 0. The lowest BCUT2D eigenvalue weighted by atomic mass is 9.94. The largest absolute Gasteiger partial charge is 0.0622 e. The van der Waals surface area contributed by atoms with Gasteiger partial charge in [-0.15, -0.1) is 0 Å². The Morgan fingerprint density at radius 3 is 0.804 bits per heavy atom. The van der Waals surface area contributed by atoms with Gasteiger partial charge in [0.2, 0.25) is 0 Å². The van der Waals surface area contributed by atoms with E-state index < -0.39 is 0 Å². The van der Waals surface area contributed by atoms with Crippen LogP contribution in [0.5, 0.6) is 0 Å². The van der Waals surface area contributed by atoms with Crippen LogP contribution in [-0.4, -0.2) is 0 Å². The van der Waals surface area contributed by atoms with Gasteiger partial charge in [-0.05, 0) is 71.1 Å². The molecular formula is C44H34P2. The summed E-state index contributed by atoms with van der Waals surface area (Å²) in [5.41, 5.74) is 2.61. The normalized spacial score (nSPS) is 10.3. The van der Waals surface area contributed by atoms with Crippen LogP contribution < -0.4 is 21.2 Å². The van der Waals surface area contributed by atoms with Gasteiger partial charge in [0.05, 0.1) is 0 Å². The molecule has 0 N–H and O–H groups in total. The van der Waals surface area contributed by atoms with Gasteiger partial charge < -0.3 is 0 Å². The maximum atomic E-state index is 2.21. The fraction of sp³-hybridized carbons (Fsp3) is 0. The Balaban J connectivity index is 0.000000126. The molecule has 8 rings (SSSR count). The third kappa shape index (κ3) is 8.65. The molecule has 0 fully saturated rings. The van der Waals surface area contributed by atoms with E-state index in [0.29, 0.717) is 0 Å². The minimum absolute atomic E-state index is 1.28. The van der Waals surface area contributed by atoms with Crippen molar-refractivity contribution in [2.45, 2.75) is 0 Å². The zero-order chi connectivity index (χ0) is 31.2. The second kappa shape index (κ2) is 16.5. The Hall–Kier alpha value is -4.86. The highest BCUT2D eigenvalue weighted by Gasteiger charge is 2.06.